The SMILES string of the molecule is [O-]c1c2ccc(c1[O-])C=N[C@H](c1ccccc1)[C@@H](c1ccccc1)N=Cc1ccc(c([O-])c1[O-])C=N[C@H](c1ccccc1)[C@@H](c1ccccc1)N=Cc1ccc(c([O-])c1[O-])C=N[C@H](c1ccccc1)[C@@H](c1ccccc1)N=C2. The molecule has 12 nitrogen and oxygen atoms in total. The summed E-state index contributed by atoms with van der Waals surface area (Å²) in [6.45, 7) is 0. The van der Waals surface area contributed by atoms with Crippen LogP contribution < -0.4 is 30.6 Å². The first kappa shape index (κ1) is 51.3. The van der Waals surface area contributed by atoms with E-state index in [1.54, 1.807) is 0 Å². The largest absolute Gasteiger partial charge is 0.872 e. The molecule has 6 atom stereocenters. The van der Waals surface area contributed by atoms with E-state index >= 15 is 0 Å². The minimum absolute atomic E-state index is 0.0306. The summed E-state index contributed by atoms with van der Waals surface area (Å²) in [6.07, 6.45) is 8.19. The van der Waals surface area contributed by atoms with Gasteiger partial charge in [0.15, 0.2) is 0 Å². The van der Waals surface area contributed by atoms with Gasteiger partial charge < -0.3 is 30.6 Å². The first-order valence-corrected chi connectivity index (χ1v) is 25.2. The maximum Gasteiger partial charge on any atom is 0.101 e. The van der Waals surface area contributed by atoms with Gasteiger partial charge >= 0.3 is 0 Å². The predicted molar refractivity (Wildman–Crippen MR) is 297 cm³/mol. The molecule has 9 aromatic rings. The van der Waals surface area contributed by atoms with Crippen LogP contribution in [0, 0.1) is 0 Å². The van der Waals surface area contributed by atoms with E-state index in [0.717, 1.165) is 33.4 Å². The lowest BCUT2D eigenvalue weighted by atomic mass is 9.93. The Hall–Kier alpha value is -10.2. The summed E-state index contributed by atoms with van der Waals surface area (Å²) in [5.41, 5.74) is 4.56. The molecule has 9 aromatic carbocycles. The van der Waals surface area contributed by atoms with Crippen molar-refractivity contribution in [1.82, 2.24) is 0 Å². The smallest absolute Gasteiger partial charge is 0.101 e. The van der Waals surface area contributed by atoms with Gasteiger partial charge in [0.05, 0.1) is 0 Å². The molecule has 15 rings (SSSR count). The molecule has 0 amide bonds. The molecule has 0 aliphatic carbocycles. The lowest BCUT2D eigenvalue weighted by Crippen LogP contribution is -2.12. The molecular formula is C66H48N6O6-6. The lowest BCUT2D eigenvalue weighted by molar-refractivity contribution is -0.317. The molecule has 0 aromatic heterocycles. The first-order chi connectivity index (χ1) is 38.2. The highest BCUT2D eigenvalue weighted by atomic mass is 16.3. The number of benzene rings is 9. The molecule has 6 aliphatic rings. The molecule has 0 N–H and O–H groups in total. The molecule has 78 heavy (non-hydrogen) atoms. The molecule has 0 spiro atoms. The first-order valence-electron chi connectivity index (χ1n) is 25.2. The fourth-order valence-electron chi connectivity index (χ4n) is 9.35. The van der Waals surface area contributed by atoms with Crippen LogP contribution in [-0.4, -0.2) is 37.3 Å². The second-order valence-corrected chi connectivity index (χ2v) is 18.5. The van der Waals surface area contributed by atoms with Gasteiger partial charge in [-0.1, -0.05) is 218 Å². The highest BCUT2D eigenvalue weighted by Crippen LogP contribution is 2.41. The van der Waals surface area contributed by atoms with Crippen LogP contribution in [0.3, 0.4) is 0 Å². The van der Waals surface area contributed by atoms with Gasteiger partial charge in [0, 0.05) is 37.3 Å². The molecule has 0 fully saturated rings. The van der Waals surface area contributed by atoms with E-state index in [9.17, 15) is 30.6 Å². The maximum absolute atomic E-state index is 14.0. The van der Waals surface area contributed by atoms with Crippen molar-refractivity contribution < 1.29 is 30.6 Å². The topological polar surface area (TPSA) is 213 Å². The normalized spacial score (nSPS) is 18.8. The summed E-state index contributed by atoms with van der Waals surface area (Å²) >= 11 is 0. The van der Waals surface area contributed by atoms with E-state index in [4.69, 9.17) is 30.0 Å². The molecule has 0 unspecified atom stereocenters. The molecule has 0 saturated heterocycles. The Bertz CT molecular complexity index is 3040. The quantitative estimate of drug-likeness (QED) is 0.158. The molecule has 384 valence electrons. The minimum atomic E-state index is -0.805. The Kier molecular flexibility index (Phi) is 15.8. The van der Waals surface area contributed by atoms with E-state index in [1.807, 2.05) is 182 Å². The average Bonchev–Trinajstić information content (AvgIpc) is 3.49. The summed E-state index contributed by atoms with van der Waals surface area (Å²) in [5, 5.41) is 84.0. The average molecular weight is 1020 g/mol. The van der Waals surface area contributed by atoms with Crippen molar-refractivity contribution in [2.45, 2.75) is 36.3 Å². The zero-order chi connectivity index (χ0) is 53.8. The summed E-state index contributed by atoms with van der Waals surface area (Å²) in [7, 11) is 0. The number of hydrogen-bond donors (Lipinski definition) is 0. The molecule has 0 radical (unpaired) electrons. The highest BCUT2D eigenvalue weighted by molar-refractivity contribution is 5.93. The highest BCUT2D eigenvalue weighted by Gasteiger charge is 2.26. The van der Waals surface area contributed by atoms with Gasteiger partial charge in [-0.25, -0.2) is 0 Å². The third-order valence-corrected chi connectivity index (χ3v) is 13.5. The van der Waals surface area contributed by atoms with Crippen molar-refractivity contribution in [3.05, 3.63) is 285 Å². The van der Waals surface area contributed by atoms with Gasteiger partial charge in [-0.3, -0.25) is 30.0 Å². The zero-order valence-corrected chi connectivity index (χ0v) is 41.8. The van der Waals surface area contributed by atoms with E-state index in [0.29, 0.717) is 0 Å². The van der Waals surface area contributed by atoms with E-state index in [2.05, 4.69) is 0 Å². The van der Waals surface area contributed by atoms with Crippen LogP contribution in [0.4, 0.5) is 0 Å². The van der Waals surface area contributed by atoms with Crippen LogP contribution in [0.2, 0.25) is 0 Å². The van der Waals surface area contributed by atoms with Crippen molar-refractivity contribution in [2.75, 3.05) is 0 Å². The molecule has 0 saturated carbocycles. The Labute approximate surface area is 451 Å². The van der Waals surface area contributed by atoms with Crippen LogP contribution in [0.15, 0.2) is 248 Å². The number of nitrogens with zero attached hydrogens (tertiary/aromatic N) is 6. The fourth-order valence-corrected chi connectivity index (χ4v) is 9.35. The lowest BCUT2D eigenvalue weighted by Gasteiger charge is -2.27. The van der Waals surface area contributed by atoms with Crippen molar-refractivity contribution in [2.24, 2.45) is 30.0 Å². The monoisotopic (exact) mass is 1020 g/mol. The molecule has 12 heteroatoms. The van der Waals surface area contributed by atoms with Gasteiger partial charge in [0.25, 0.3) is 0 Å². The van der Waals surface area contributed by atoms with Crippen LogP contribution >= 0.6 is 0 Å². The standard InChI is InChI=1S/C66H54N6O6/c73-61-49-31-32-51(63(61)75)39-69-57(45-23-11-3-12-24-45)58(46-25-13-4-14-26-46)71-41-53-35-36-54(66(78)65(53)77)42-72-60(48-29-17-6-18-30-48)59(47-27-15-5-16-28-47)70-40-52-34-33-50(62(74)64(52)76)38-68-56(44-21-9-2-10-22-44)55(67-37-49)43-19-7-1-8-20-43/h1-42,55-60,73-78H/p-6/t55-,56-,57-,58-,59-,60-/m1/s1. The molecular weight excluding hydrogens is 973 g/mol. The summed E-state index contributed by atoms with van der Waals surface area (Å²) in [6, 6.07) is 60.4. The maximum atomic E-state index is 14.0. The van der Waals surface area contributed by atoms with Crippen LogP contribution in [0.25, 0.3) is 0 Å². The Morgan fingerprint density at radius 1 is 0.179 bits per heavy atom. The van der Waals surface area contributed by atoms with E-state index in [1.165, 1.54) is 73.7 Å². The van der Waals surface area contributed by atoms with Gasteiger partial charge in [-0.15, -0.1) is 34.5 Å². The summed E-state index contributed by atoms with van der Waals surface area (Å²) in [4.78, 5) is 29.7. The minimum Gasteiger partial charge on any atom is -0.872 e. The molecule has 6 bridgehead atoms. The summed E-state index contributed by atoms with van der Waals surface area (Å²) < 4.78 is 0. The van der Waals surface area contributed by atoms with Crippen LogP contribution in [0.5, 0.6) is 34.5 Å². The third-order valence-electron chi connectivity index (χ3n) is 13.5. The van der Waals surface area contributed by atoms with Crippen molar-refractivity contribution in [3.63, 3.8) is 0 Å². The predicted octanol–water partition coefficient (Wildman–Crippen LogP) is 9.50. The number of hydrogen-bond acceptors (Lipinski definition) is 12. The van der Waals surface area contributed by atoms with Crippen molar-refractivity contribution >= 4 is 37.3 Å². The second kappa shape index (κ2) is 24.0. The van der Waals surface area contributed by atoms with Gasteiger partial charge in [0.1, 0.15) is 36.3 Å². The Morgan fingerprint density at radius 3 is 0.436 bits per heavy atom. The Balaban J connectivity index is 1.15. The molecule has 6 aliphatic heterocycles. The van der Waals surface area contributed by atoms with E-state index in [-0.39, 0.29) is 33.4 Å². The van der Waals surface area contributed by atoms with Gasteiger partial charge in [-0.2, -0.15) is 0 Å². The van der Waals surface area contributed by atoms with Crippen LogP contribution in [-0.2, 0) is 0 Å². The fraction of sp³-hybridized carbons (Fsp3) is 0.0909. The Morgan fingerprint density at radius 2 is 0.308 bits per heavy atom. The zero-order valence-electron chi connectivity index (χ0n) is 41.8. The molecule has 6 heterocycles. The van der Waals surface area contributed by atoms with Gasteiger partial charge in [-0.05, 0) is 66.8 Å². The number of aliphatic imine (C=N–C) groups is 6. The van der Waals surface area contributed by atoms with E-state index < -0.39 is 70.7 Å². The third kappa shape index (κ3) is 11.5. The second-order valence-electron chi connectivity index (χ2n) is 18.5. The van der Waals surface area contributed by atoms with Crippen molar-refractivity contribution in [3.8, 4) is 34.5 Å². The van der Waals surface area contributed by atoms with Gasteiger partial charge in [0.2, 0.25) is 0 Å². The van der Waals surface area contributed by atoms with Crippen molar-refractivity contribution in [1.29, 1.82) is 0 Å². The summed E-state index contributed by atoms with van der Waals surface area (Å²) in [5.74, 6) is -4.83. The number of rotatable bonds is 6. The van der Waals surface area contributed by atoms with Crippen LogP contribution in [0.1, 0.15) is 103 Å².